The van der Waals surface area contributed by atoms with Crippen LogP contribution in [0.1, 0.15) is 0 Å². The highest BCUT2D eigenvalue weighted by Gasteiger charge is 2.18. The van der Waals surface area contributed by atoms with Crippen LogP contribution in [0.2, 0.25) is 0 Å². The Morgan fingerprint density at radius 1 is 1.04 bits per heavy atom. The Hall–Kier alpha value is -3.18. The molecule has 1 N–H and O–H groups in total. The van der Waals surface area contributed by atoms with Gasteiger partial charge in [-0.25, -0.2) is 0 Å². The van der Waals surface area contributed by atoms with Gasteiger partial charge in [-0.15, -0.1) is 0 Å². The summed E-state index contributed by atoms with van der Waals surface area (Å²) in [5.41, 5.74) is -0.278. The number of amides is 1. The highest BCUT2D eigenvalue weighted by atomic mass is 32.2. The Kier molecular flexibility index (Phi) is 5.07. The van der Waals surface area contributed by atoms with E-state index in [1.807, 2.05) is 0 Å². The molecule has 2 aromatic rings. The number of para-hydroxylation sites is 1. The van der Waals surface area contributed by atoms with Gasteiger partial charge in [-0.2, -0.15) is 13.7 Å². The Balaban J connectivity index is 2.13. The van der Waals surface area contributed by atoms with E-state index in [9.17, 15) is 13.2 Å². The molecule has 2 rings (SSSR count). The molecule has 0 bridgehead atoms. The predicted molar refractivity (Wildman–Crippen MR) is 82.8 cm³/mol. The molecule has 0 atom stereocenters. The van der Waals surface area contributed by atoms with E-state index < -0.39 is 21.7 Å². The van der Waals surface area contributed by atoms with E-state index in [4.69, 9.17) is 5.26 Å². The predicted octanol–water partition coefficient (Wildman–Crippen LogP) is 1.91. The Morgan fingerprint density at radius 2 is 1.61 bits per heavy atom. The third-order valence-corrected chi connectivity index (χ3v) is 3.73. The summed E-state index contributed by atoms with van der Waals surface area (Å²) in [6, 6.07) is 17.1. The Morgan fingerprint density at radius 3 is 2.17 bits per heavy atom. The van der Waals surface area contributed by atoms with Crippen molar-refractivity contribution in [2.75, 3.05) is 5.32 Å². The topological polar surface area (TPSA) is 109 Å². The van der Waals surface area contributed by atoms with Crippen LogP contribution in [-0.4, -0.2) is 20.0 Å². The van der Waals surface area contributed by atoms with Crippen LogP contribution in [0.15, 0.2) is 70.7 Å². The van der Waals surface area contributed by atoms with Crippen LogP contribution < -0.4 is 5.32 Å². The fraction of sp³-hybridized carbons (Fsp3) is 0. The number of oxime groups is 1. The first-order chi connectivity index (χ1) is 11.0. The quantitative estimate of drug-likeness (QED) is 0.666. The van der Waals surface area contributed by atoms with Gasteiger partial charge in [0.25, 0.3) is 5.91 Å². The molecule has 0 aliphatic rings. The summed E-state index contributed by atoms with van der Waals surface area (Å²) >= 11 is 0. The number of benzene rings is 2. The van der Waals surface area contributed by atoms with Gasteiger partial charge in [0.1, 0.15) is 11.0 Å². The van der Waals surface area contributed by atoms with Crippen LogP contribution >= 0.6 is 0 Å². The minimum Gasteiger partial charge on any atom is -0.320 e. The number of nitrogens with zero attached hydrogens (tertiary/aromatic N) is 2. The zero-order valence-corrected chi connectivity index (χ0v) is 12.5. The third-order valence-electron chi connectivity index (χ3n) is 2.61. The van der Waals surface area contributed by atoms with Crippen molar-refractivity contribution in [3.63, 3.8) is 0 Å². The summed E-state index contributed by atoms with van der Waals surface area (Å²) in [6.45, 7) is 0. The Bertz CT molecular complexity index is 857. The lowest BCUT2D eigenvalue weighted by Gasteiger charge is -2.03. The molecule has 0 aliphatic carbocycles. The molecule has 0 spiro atoms. The summed E-state index contributed by atoms with van der Waals surface area (Å²) in [4.78, 5) is 11.7. The molecule has 0 heterocycles. The molecule has 0 aliphatic heterocycles. The van der Waals surface area contributed by atoms with Crippen LogP contribution in [0.3, 0.4) is 0 Å². The van der Waals surface area contributed by atoms with Gasteiger partial charge >= 0.3 is 10.1 Å². The van der Waals surface area contributed by atoms with Crippen LogP contribution in [0.25, 0.3) is 0 Å². The van der Waals surface area contributed by atoms with Gasteiger partial charge in [0, 0.05) is 5.69 Å². The zero-order chi connectivity index (χ0) is 16.7. The monoisotopic (exact) mass is 329 g/mol. The van der Waals surface area contributed by atoms with Crippen molar-refractivity contribution in [1.29, 1.82) is 5.26 Å². The third kappa shape index (κ3) is 4.39. The molecule has 1 amide bonds. The number of rotatable bonds is 5. The normalized spacial score (nSPS) is 11.3. The fourth-order valence-electron chi connectivity index (χ4n) is 1.54. The fourth-order valence-corrected chi connectivity index (χ4v) is 2.29. The van der Waals surface area contributed by atoms with E-state index in [1.54, 1.807) is 36.4 Å². The summed E-state index contributed by atoms with van der Waals surface area (Å²) < 4.78 is 28.1. The van der Waals surface area contributed by atoms with Gasteiger partial charge in [0.05, 0.1) is 0 Å². The molecule has 8 heteroatoms. The lowest BCUT2D eigenvalue weighted by Crippen LogP contribution is -2.22. The number of nitriles is 1. The van der Waals surface area contributed by atoms with Crippen molar-refractivity contribution in [2.45, 2.75) is 4.90 Å². The van der Waals surface area contributed by atoms with Gasteiger partial charge in [0.15, 0.2) is 0 Å². The Labute approximate surface area is 132 Å². The molecule has 0 radical (unpaired) electrons. The highest BCUT2D eigenvalue weighted by Crippen LogP contribution is 2.12. The van der Waals surface area contributed by atoms with Crippen molar-refractivity contribution in [3.8, 4) is 6.07 Å². The summed E-state index contributed by atoms with van der Waals surface area (Å²) in [7, 11) is -4.19. The SMILES string of the molecule is N#C/C(=N\OS(=O)(=O)c1ccccc1)C(=O)Nc1ccccc1. The number of carbonyl (C=O) groups is 1. The molecule has 23 heavy (non-hydrogen) atoms. The van der Waals surface area contributed by atoms with E-state index in [0.717, 1.165) is 0 Å². The molecule has 116 valence electrons. The van der Waals surface area contributed by atoms with Crippen LogP contribution in [-0.2, 0) is 19.2 Å². The van der Waals surface area contributed by atoms with Gasteiger partial charge in [0.2, 0.25) is 5.71 Å². The van der Waals surface area contributed by atoms with Crippen LogP contribution in [0, 0.1) is 11.3 Å². The van der Waals surface area contributed by atoms with Gasteiger partial charge < -0.3 is 5.32 Å². The summed E-state index contributed by atoms with van der Waals surface area (Å²) in [5.74, 6) is -0.873. The van der Waals surface area contributed by atoms with Gasteiger partial charge in [-0.3, -0.25) is 9.08 Å². The summed E-state index contributed by atoms with van der Waals surface area (Å²) in [6.07, 6.45) is 0. The molecule has 0 fully saturated rings. The summed E-state index contributed by atoms with van der Waals surface area (Å²) in [5, 5.41) is 14.5. The van der Waals surface area contributed by atoms with E-state index in [1.165, 1.54) is 30.3 Å². The number of anilines is 1. The standard InChI is InChI=1S/C15H11N3O4S/c16-11-14(15(19)17-12-7-3-1-4-8-12)18-22-23(20,21)13-9-5-2-6-10-13/h1-10H,(H,17,19)/b18-14+. The maximum Gasteiger partial charge on any atom is 0.358 e. The largest absolute Gasteiger partial charge is 0.358 e. The second-order valence-electron chi connectivity index (χ2n) is 4.21. The molecule has 0 unspecified atom stereocenters. The number of hydrogen-bond donors (Lipinski definition) is 1. The molecule has 0 saturated heterocycles. The van der Waals surface area contributed by atoms with Crippen molar-refractivity contribution in [1.82, 2.24) is 0 Å². The van der Waals surface area contributed by atoms with Crippen molar-refractivity contribution in [2.24, 2.45) is 5.16 Å². The number of carbonyl (C=O) groups excluding carboxylic acids is 1. The number of hydrogen-bond acceptors (Lipinski definition) is 6. The van der Waals surface area contributed by atoms with Crippen molar-refractivity contribution >= 4 is 27.4 Å². The molecular formula is C15H11N3O4S. The second-order valence-corrected chi connectivity index (χ2v) is 5.74. The van der Waals surface area contributed by atoms with Crippen LogP contribution in [0.4, 0.5) is 5.69 Å². The highest BCUT2D eigenvalue weighted by molar-refractivity contribution is 7.86. The van der Waals surface area contributed by atoms with E-state index in [2.05, 4.69) is 14.8 Å². The first-order valence-electron chi connectivity index (χ1n) is 6.36. The minimum atomic E-state index is -4.19. The molecule has 0 saturated carbocycles. The average molecular weight is 329 g/mol. The molecule has 0 aromatic heterocycles. The lowest BCUT2D eigenvalue weighted by atomic mass is 10.3. The smallest absolute Gasteiger partial charge is 0.320 e. The molecule has 7 nitrogen and oxygen atoms in total. The molecular weight excluding hydrogens is 318 g/mol. The maximum absolute atomic E-state index is 11.9. The van der Waals surface area contributed by atoms with Crippen LogP contribution in [0.5, 0.6) is 0 Å². The first kappa shape index (κ1) is 16.2. The average Bonchev–Trinajstić information content (AvgIpc) is 2.57. The van der Waals surface area contributed by atoms with E-state index >= 15 is 0 Å². The lowest BCUT2D eigenvalue weighted by molar-refractivity contribution is -0.110. The van der Waals surface area contributed by atoms with Gasteiger partial charge in [-0.05, 0) is 29.4 Å². The van der Waals surface area contributed by atoms with Gasteiger partial charge in [-0.1, -0.05) is 36.4 Å². The van der Waals surface area contributed by atoms with E-state index in [0.29, 0.717) is 5.69 Å². The van der Waals surface area contributed by atoms with Crippen molar-refractivity contribution in [3.05, 3.63) is 60.7 Å². The maximum atomic E-state index is 11.9. The second kappa shape index (κ2) is 7.20. The van der Waals surface area contributed by atoms with E-state index in [-0.39, 0.29) is 4.90 Å². The minimum absolute atomic E-state index is 0.135. The number of nitrogens with one attached hydrogen (secondary N) is 1. The van der Waals surface area contributed by atoms with Crippen molar-refractivity contribution < 1.29 is 17.5 Å². The zero-order valence-electron chi connectivity index (χ0n) is 11.7. The first-order valence-corrected chi connectivity index (χ1v) is 7.77. The molecule has 2 aromatic carbocycles.